The number of aromatic nitrogens is 2. The molecule has 1 saturated heterocycles. The second-order valence-electron chi connectivity index (χ2n) is 3.06. The van der Waals surface area contributed by atoms with Crippen molar-refractivity contribution in [2.24, 2.45) is 0 Å². The SMILES string of the molecule is Cc1nc(SC(=O)N2CCOCC2)ns1. The van der Waals surface area contributed by atoms with Crippen LogP contribution in [0.5, 0.6) is 0 Å². The van der Waals surface area contributed by atoms with Crippen LogP contribution in [-0.4, -0.2) is 45.8 Å². The molecule has 0 N–H and O–H groups in total. The molecule has 1 aromatic heterocycles. The number of morpholine rings is 1. The van der Waals surface area contributed by atoms with Gasteiger partial charge in [-0.15, -0.1) is 0 Å². The molecule has 1 fully saturated rings. The Balaban J connectivity index is 1.91. The van der Waals surface area contributed by atoms with Gasteiger partial charge in [-0.25, -0.2) is 4.98 Å². The Hall–Kier alpha value is -0.660. The molecule has 7 heteroatoms. The summed E-state index contributed by atoms with van der Waals surface area (Å²) in [5.41, 5.74) is 0. The summed E-state index contributed by atoms with van der Waals surface area (Å²) in [5.74, 6) is 0. The van der Waals surface area contributed by atoms with Crippen LogP contribution >= 0.6 is 23.3 Å². The Bertz CT molecular complexity index is 349. The van der Waals surface area contributed by atoms with Crippen molar-refractivity contribution in [1.29, 1.82) is 0 Å². The second-order valence-corrected chi connectivity index (χ2v) is 4.94. The summed E-state index contributed by atoms with van der Waals surface area (Å²) in [7, 11) is 0. The average molecular weight is 245 g/mol. The molecule has 82 valence electrons. The summed E-state index contributed by atoms with van der Waals surface area (Å²) in [6, 6.07) is 0. The Morgan fingerprint density at radius 1 is 1.53 bits per heavy atom. The predicted molar refractivity (Wildman–Crippen MR) is 58.3 cm³/mol. The van der Waals surface area contributed by atoms with E-state index in [0.717, 1.165) is 16.8 Å². The molecule has 2 heterocycles. The van der Waals surface area contributed by atoms with Crippen molar-refractivity contribution in [2.45, 2.75) is 12.1 Å². The van der Waals surface area contributed by atoms with Gasteiger partial charge in [-0.1, -0.05) is 0 Å². The van der Waals surface area contributed by atoms with Gasteiger partial charge in [0, 0.05) is 24.9 Å². The zero-order chi connectivity index (χ0) is 10.7. The number of aryl methyl sites for hydroxylation is 1. The zero-order valence-electron chi connectivity index (χ0n) is 8.30. The third kappa shape index (κ3) is 2.90. The maximum absolute atomic E-state index is 11.7. The smallest absolute Gasteiger partial charge is 0.289 e. The third-order valence-electron chi connectivity index (χ3n) is 1.96. The number of ether oxygens (including phenoxy) is 1. The van der Waals surface area contributed by atoms with Crippen LogP contribution < -0.4 is 0 Å². The summed E-state index contributed by atoms with van der Waals surface area (Å²) in [6.07, 6.45) is 0. The van der Waals surface area contributed by atoms with Gasteiger partial charge in [-0.3, -0.25) is 4.79 Å². The highest BCUT2D eigenvalue weighted by Gasteiger charge is 2.19. The first-order valence-electron chi connectivity index (χ1n) is 4.60. The van der Waals surface area contributed by atoms with Crippen LogP contribution in [0.4, 0.5) is 4.79 Å². The van der Waals surface area contributed by atoms with Gasteiger partial charge in [0.05, 0.1) is 13.2 Å². The second kappa shape index (κ2) is 4.91. The minimum absolute atomic E-state index is 0.0103. The standard InChI is InChI=1S/C8H11N3O2S2/c1-6-9-7(10-15-6)14-8(12)11-2-4-13-5-3-11/h2-5H2,1H3. The van der Waals surface area contributed by atoms with E-state index in [9.17, 15) is 4.79 Å². The average Bonchev–Trinajstić information content (AvgIpc) is 2.65. The van der Waals surface area contributed by atoms with Crippen molar-refractivity contribution in [2.75, 3.05) is 26.3 Å². The number of thioether (sulfide) groups is 1. The highest BCUT2D eigenvalue weighted by atomic mass is 32.2. The van der Waals surface area contributed by atoms with E-state index in [-0.39, 0.29) is 5.24 Å². The normalized spacial score (nSPS) is 16.7. The van der Waals surface area contributed by atoms with Crippen LogP contribution in [0.1, 0.15) is 5.01 Å². The topological polar surface area (TPSA) is 55.3 Å². The molecule has 0 unspecified atom stereocenters. The molecule has 0 saturated carbocycles. The number of carbonyl (C=O) groups is 1. The van der Waals surface area contributed by atoms with E-state index >= 15 is 0 Å². The van der Waals surface area contributed by atoms with Crippen LogP contribution in [-0.2, 0) is 4.74 Å². The molecule has 15 heavy (non-hydrogen) atoms. The van der Waals surface area contributed by atoms with Crippen LogP contribution in [0.25, 0.3) is 0 Å². The van der Waals surface area contributed by atoms with Crippen molar-refractivity contribution >= 4 is 28.5 Å². The van der Waals surface area contributed by atoms with Gasteiger partial charge >= 0.3 is 0 Å². The lowest BCUT2D eigenvalue weighted by molar-refractivity contribution is 0.0593. The van der Waals surface area contributed by atoms with Crippen molar-refractivity contribution in [1.82, 2.24) is 14.3 Å². The highest BCUT2D eigenvalue weighted by molar-refractivity contribution is 8.13. The maximum atomic E-state index is 11.7. The third-order valence-corrected chi connectivity index (χ3v) is 3.49. The minimum atomic E-state index is 0.0103. The fourth-order valence-electron chi connectivity index (χ4n) is 1.21. The molecule has 0 spiro atoms. The van der Waals surface area contributed by atoms with Gasteiger partial charge in [0.2, 0.25) is 5.16 Å². The summed E-state index contributed by atoms with van der Waals surface area (Å²) >= 11 is 2.41. The van der Waals surface area contributed by atoms with Crippen LogP contribution in [0.3, 0.4) is 0 Å². The first-order chi connectivity index (χ1) is 7.25. The Labute approximate surface area is 96.0 Å². The molecule has 0 aromatic carbocycles. The molecule has 0 bridgehead atoms. The van der Waals surface area contributed by atoms with Crippen LogP contribution in [0, 0.1) is 6.92 Å². The van der Waals surface area contributed by atoms with Crippen molar-refractivity contribution < 1.29 is 9.53 Å². The zero-order valence-corrected chi connectivity index (χ0v) is 9.94. The minimum Gasteiger partial charge on any atom is -0.378 e. The molecule has 1 aliphatic rings. The molecule has 1 aromatic rings. The van der Waals surface area contributed by atoms with E-state index in [4.69, 9.17) is 4.74 Å². The fourth-order valence-corrected chi connectivity index (χ4v) is 2.56. The quantitative estimate of drug-likeness (QED) is 0.700. The predicted octanol–water partition coefficient (Wildman–Crippen LogP) is 1.39. The number of amides is 1. The molecule has 1 amide bonds. The molecule has 1 aliphatic heterocycles. The lowest BCUT2D eigenvalue weighted by Crippen LogP contribution is -2.38. The largest absolute Gasteiger partial charge is 0.378 e. The van der Waals surface area contributed by atoms with Gasteiger partial charge in [0.1, 0.15) is 5.01 Å². The summed E-state index contributed by atoms with van der Waals surface area (Å²) in [5, 5.41) is 1.44. The molecule has 2 rings (SSSR count). The first-order valence-corrected chi connectivity index (χ1v) is 6.19. The molecule has 5 nitrogen and oxygen atoms in total. The number of carbonyl (C=O) groups excluding carboxylic acids is 1. The van der Waals surface area contributed by atoms with Crippen LogP contribution in [0.2, 0.25) is 0 Å². The Kier molecular flexibility index (Phi) is 3.55. The van der Waals surface area contributed by atoms with Crippen LogP contribution in [0.15, 0.2) is 5.16 Å². The number of rotatable bonds is 1. The monoisotopic (exact) mass is 245 g/mol. The van der Waals surface area contributed by atoms with E-state index in [1.165, 1.54) is 11.5 Å². The van der Waals surface area contributed by atoms with Crippen molar-refractivity contribution in [3.63, 3.8) is 0 Å². The molecular formula is C8H11N3O2S2. The highest BCUT2D eigenvalue weighted by Crippen LogP contribution is 2.20. The van der Waals surface area contributed by atoms with E-state index < -0.39 is 0 Å². The van der Waals surface area contributed by atoms with Crippen molar-refractivity contribution in [3.05, 3.63) is 5.01 Å². The first kappa shape index (κ1) is 10.8. The molecule has 0 aliphatic carbocycles. The van der Waals surface area contributed by atoms with E-state index in [1.54, 1.807) is 4.90 Å². The van der Waals surface area contributed by atoms with Gasteiger partial charge in [0.15, 0.2) is 0 Å². The van der Waals surface area contributed by atoms with Gasteiger partial charge in [-0.05, 0) is 18.5 Å². The number of hydrogen-bond donors (Lipinski definition) is 0. The fraction of sp³-hybridized carbons (Fsp3) is 0.625. The Morgan fingerprint density at radius 2 is 2.27 bits per heavy atom. The van der Waals surface area contributed by atoms with E-state index in [0.29, 0.717) is 31.5 Å². The molecule has 0 radical (unpaired) electrons. The number of hydrogen-bond acceptors (Lipinski definition) is 6. The molecule has 0 atom stereocenters. The van der Waals surface area contributed by atoms with Crippen molar-refractivity contribution in [3.8, 4) is 0 Å². The van der Waals surface area contributed by atoms with E-state index in [2.05, 4.69) is 9.36 Å². The lowest BCUT2D eigenvalue weighted by atomic mass is 10.5. The maximum Gasteiger partial charge on any atom is 0.289 e. The Morgan fingerprint density at radius 3 is 2.87 bits per heavy atom. The van der Waals surface area contributed by atoms with Gasteiger partial charge in [-0.2, -0.15) is 4.37 Å². The summed E-state index contributed by atoms with van der Waals surface area (Å²) in [6.45, 7) is 4.44. The lowest BCUT2D eigenvalue weighted by Gasteiger charge is -2.25. The van der Waals surface area contributed by atoms with Gasteiger partial charge in [0.25, 0.3) is 5.24 Å². The summed E-state index contributed by atoms with van der Waals surface area (Å²) in [4.78, 5) is 17.6. The number of nitrogens with zero attached hydrogens (tertiary/aromatic N) is 3. The van der Waals surface area contributed by atoms with Gasteiger partial charge < -0.3 is 9.64 Å². The van der Waals surface area contributed by atoms with E-state index in [1.807, 2.05) is 6.92 Å². The molecular weight excluding hydrogens is 234 g/mol. The summed E-state index contributed by atoms with van der Waals surface area (Å²) < 4.78 is 9.24.